The predicted molar refractivity (Wildman–Crippen MR) is 84.9 cm³/mol. The summed E-state index contributed by atoms with van der Waals surface area (Å²) in [6.45, 7) is 0.568. The number of dihydropyridines is 1. The summed E-state index contributed by atoms with van der Waals surface area (Å²) in [4.78, 5) is 1.91. The van der Waals surface area contributed by atoms with Crippen LogP contribution in [0.1, 0.15) is 0 Å². The molecule has 2 aliphatic rings. The summed E-state index contributed by atoms with van der Waals surface area (Å²) in [6, 6.07) is 5.41. The molecule has 2 aliphatic heterocycles. The van der Waals surface area contributed by atoms with Gasteiger partial charge in [-0.25, -0.2) is 0 Å². The summed E-state index contributed by atoms with van der Waals surface area (Å²) in [5.41, 5.74) is 8.68. The Morgan fingerprint density at radius 2 is 1.90 bits per heavy atom. The summed E-state index contributed by atoms with van der Waals surface area (Å²) in [5, 5.41) is 13.4. The third-order valence-electron chi connectivity index (χ3n) is 3.32. The van der Waals surface area contributed by atoms with Crippen LogP contribution in [0.25, 0.3) is 0 Å². The monoisotopic (exact) mass is 338 g/mol. The molecule has 3 N–H and O–H groups in total. The lowest BCUT2D eigenvalue weighted by atomic mass is 10.0. The highest BCUT2D eigenvalue weighted by molar-refractivity contribution is 6.44. The molecule has 0 fully saturated rings. The van der Waals surface area contributed by atoms with Crippen LogP contribution >= 0.6 is 34.8 Å². The van der Waals surface area contributed by atoms with Gasteiger partial charge in [0, 0.05) is 24.5 Å². The van der Waals surface area contributed by atoms with Crippen LogP contribution in [0.2, 0.25) is 15.1 Å². The van der Waals surface area contributed by atoms with E-state index in [0.29, 0.717) is 33.0 Å². The molecule has 106 valence electrons. The lowest BCUT2D eigenvalue weighted by Crippen LogP contribution is -2.22. The summed E-state index contributed by atoms with van der Waals surface area (Å²) in [5.74, 6) is 0.342. The lowest BCUT2D eigenvalue weighted by molar-refractivity contribution is 0.962. The molecule has 0 amide bonds. The SMILES string of the molecule is N#CC1=C(N)NC=C2CN(c3cc(Cl)c(Cl)cc3Cl)C=C21. The van der Waals surface area contributed by atoms with Crippen LogP contribution in [0.4, 0.5) is 5.69 Å². The van der Waals surface area contributed by atoms with Crippen molar-refractivity contribution in [3.63, 3.8) is 0 Å². The van der Waals surface area contributed by atoms with Crippen LogP contribution in [0.15, 0.2) is 47.1 Å². The smallest absolute Gasteiger partial charge is 0.119 e. The standard InChI is InChI=1S/C14H9Cl3N4/c15-10-1-12(17)13(2-11(10)16)21-5-7-4-20-14(19)8(3-18)9(7)6-21/h1-2,4,6,20H,5,19H2. The number of hydrogen-bond acceptors (Lipinski definition) is 4. The number of nitriles is 1. The van der Waals surface area contributed by atoms with Crippen LogP contribution in [-0.2, 0) is 0 Å². The zero-order valence-corrected chi connectivity index (χ0v) is 12.9. The molecule has 1 aromatic carbocycles. The van der Waals surface area contributed by atoms with Crippen molar-refractivity contribution in [1.82, 2.24) is 5.32 Å². The first-order valence-electron chi connectivity index (χ1n) is 6.00. The summed E-state index contributed by atoms with van der Waals surface area (Å²) < 4.78 is 0. The van der Waals surface area contributed by atoms with Crippen LogP contribution in [-0.4, -0.2) is 6.54 Å². The second kappa shape index (κ2) is 5.19. The van der Waals surface area contributed by atoms with Gasteiger partial charge in [0.2, 0.25) is 0 Å². The van der Waals surface area contributed by atoms with Crippen molar-refractivity contribution in [2.45, 2.75) is 0 Å². The van der Waals surface area contributed by atoms with Crippen LogP contribution in [0.5, 0.6) is 0 Å². The first-order chi connectivity index (χ1) is 10.0. The molecular formula is C14H9Cl3N4. The van der Waals surface area contributed by atoms with Crippen LogP contribution in [0.3, 0.4) is 0 Å². The van der Waals surface area contributed by atoms with Gasteiger partial charge < -0.3 is 16.0 Å². The molecule has 0 saturated heterocycles. The minimum absolute atomic E-state index is 0.342. The summed E-state index contributed by atoms with van der Waals surface area (Å²) in [7, 11) is 0. The molecule has 0 saturated carbocycles. The molecule has 0 radical (unpaired) electrons. The topological polar surface area (TPSA) is 65.1 Å². The highest BCUT2D eigenvalue weighted by Crippen LogP contribution is 2.39. The molecular weight excluding hydrogens is 331 g/mol. The molecule has 0 unspecified atom stereocenters. The van der Waals surface area contributed by atoms with Crippen molar-refractivity contribution < 1.29 is 0 Å². The van der Waals surface area contributed by atoms with E-state index in [1.807, 2.05) is 11.1 Å². The van der Waals surface area contributed by atoms with E-state index in [2.05, 4.69) is 11.4 Å². The number of nitrogens with zero attached hydrogens (tertiary/aromatic N) is 2. The highest BCUT2D eigenvalue weighted by Gasteiger charge is 2.27. The maximum absolute atomic E-state index is 9.22. The maximum Gasteiger partial charge on any atom is 0.119 e. The van der Waals surface area contributed by atoms with Gasteiger partial charge in [0.25, 0.3) is 0 Å². The molecule has 2 heterocycles. The number of nitrogens with one attached hydrogen (secondary N) is 1. The number of fused-ring (bicyclic) bond motifs is 1. The van der Waals surface area contributed by atoms with Gasteiger partial charge in [0.1, 0.15) is 17.5 Å². The molecule has 0 bridgehead atoms. The van der Waals surface area contributed by atoms with Crippen molar-refractivity contribution in [2.75, 3.05) is 11.4 Å². The number of nitrogens with two attached hydrogens (primary N) is 1. The van der Waals surface area contributed by atoms with Crippen molar-refractivity contribution in [3.05, 3.63) is 62.1 Å². The average Bonchev–Trinajstić information content (AvgIpc) is 2.86. The molecule has 0 aliphatic carbocycles. The Hall–Kier alpha value is -1.80. The first-order valence-corrected chi connectivity index (χ1v) is 7.14. The maximum atomic E-state index is 9.22. The first kappa shape index (κ1) is 14.2. The molecule has 3 rings (SSSR count). The molecule has 1 aromatic rings. The average molecular weight is 340 g/mol. The largest absolute Gasteiger partial charge is 0.384 e. The third kappa shape index (κ3) is 2.34. The normalized spacial score (nSPS) is 17.0. The summed E-state index contributed by atoms with van der Waals surface area (Å²) in [6.07, 6.45) is 3.62. The van der Waals surface area contributed by atoms with Gasteiger partial charge in [-0.2, -0.15) is 5.26 Å². The van der Waals surface area contributed by atoms with Crippen molar-refractivity contribution in [2.24, 2.45) is 5.73 Å². The van der Waals surface area contributed by atoms with Gasteiger partial charge in [-0.1, -0.05) is 34.8 Å². The van der Waals surface area contributed by atoms with Gasteiger partial charge in [-0.3, -0.25) is 0 Å². The quantitative estimate of drug-likeness (QED) is 0.768. The van der Waals surface area contributed by atoms with E-state index >= 15 is 0 Å². The molecule has 0 spiro atoms. The van der Waals surface area contributed by atoms with Gasteiger partial charge in [0.15, 0.2) is 0 Å². The predicted octanol–water partition coefficient (Wildman–Crippen LogP) is 3.53. The van der Waals surface area contributed by atoms with E-state index < -0.39 is 0 Å². The summed E-state index contributed by atoms with van der Waals surface area (Å²) >= 11 is 18.2. The van der Waals surface area contributed by atoms with E-state index in [1.54, 1.807) is 18.3 Å². The Morgan fingerprint density at radius 3 is 2.62 bits per heavy atom. The van der Waals surface area contributed by atoms with E-state index in [-0.39, 0.29) is 0 Å². The Balaban J connectivity index is 2.05. The fourth-order valence-electron chi connectivity index (χ4n) is 2.29. The fourth-order valence-corrected chi connectivity index (χ4v) is 2.94. The fraction of sp³-hybridized carbons (Fsp3) is 0.0714. The molecule has 7 heteroatoms. The Morgan fingerprint density at radius 1 is 1.19 bits per heavy atom. The lowest BCUT2D eigenvalue weighted by Gasteiger charge is -2.18. The van der Waals surface area contributed by atoms with E-state index in [0.717, 1.165) is 16.8 Å². The van der Waals surface area contributed by atoms with Gasteiger partial charge in [-0.05, 0) is 17.7 Å². The zero-order valence-electron chi connectivity index (χ0n) is 10.6. The Labute approximate surface area is 136 Å². The number of halogens is 3. The molecule has 4 nitrogen and oxygen atoms in total. The molecule has 0 aromatic heterocycles. The Kier molecular flexibility index (Phi) is 3.50. The number of benzene rings is 1. The number of rotatable bonds is 1. The van der Waals surface area contributed by atoms with E-state index in [4.69, 9.17) is 40.5 Å². The molecule has 0 atom stereocenters. The van der Waals surface area contributed by atoms with Gasteiger partial charge >= 0.3 is 0 Å². The van der Waals surface area contributed by atoms with Crippen molar-refractivity contribution in [3.8, 4) is 6.07 Å². The highest BCUT2D eigenvalue weighted by atomic mass is 35.5. The minimum atomic E-state index is 0.342. The Bertz CT molecular complexity index is 771. The molecule has 21 heavy (non-hydrogen) atoms. The van der Waals surface area contributed by atoms with Crippen LogP contribution < -0.4 is 16.0 Å². The van der Waals surface area contributed by atoms with Crippen molar-refractivity contribution in [1.29, 1.82) is 5.26 Å². The van der Waals surface area contributed by atoms with E-state index in [1.165, 1.54) is 0 Å². The zero-order chi connectivity index (χ0) is 15.1. The van der Waals surface area contributed by atoms with Gasteiger partial charge in [0.05, 0.1) is 20.8 Å². The van der Waals surface area contributed by atoms with Gasteiger partial charge in [-0.15, -0.1) is 0 Å². The second-order valence-electron chi connectivity index (χ2n) is 4.60. The second-order valence-corrected chi connectivity index (χ2v) is 5.82. The number of anilines is 1. The van der Waals surface area contributed by atoms with E-state index in [9.17, 15) is 5.26 Å². The minimum Gasteiger partial charge on any atom is -0.384 e. The number of allylic oxidation sites excluding steroid dienone is 1. The third-order valence-corrected chi connectivity index (χ3v) is 4.35. The van der Waals surface area contributed by atoms with Crippen LogP contribution in [0, 0.1) is 11.3 Å². The number of hydrogen-bond donors (Lipinski definition) is 2. The van der Waals surface area contributed by atoms with Crippen molar-refractivity contribution >= 4 is 40.5 Å².